The van der Waals surface area contributed by atoms with Gasteiger partial charge in [-0.1, -0.05) is 25.1 Å². The molecule has 0 atom stereocenters. The quantitative estimate of drug-likeness (QED) is 0.843. The van der Waals surface area contributed by atoms with E-state index in [1.165, 1.54) is 0 Å². The Bertz CT molecular complexity index is 591. The minimum absolute atomic E-state index is 0.441. The van der Waals surface area contributed by atoms with E-state index in [-0.39, 0.29) is 0 Å². The van der Waals surface area contributed by atoms with Crippen LogP contribution in [0.2, 0.25) is 0 Å². The molecule has 0 saturated heterocycles. The summed E-state index contributed by atoms with van der Waals surface area (Å²) in [4.78, 5) is 10.8. The Hall–Kier alpha value is -2.61. The van der Waals surface area contributed by atoms with Crippen LogP contribution in [-0.2, 0) is 0 Å². The van der Waals surface area contributed by atoms with E-state index in [1.807, 2.05) is 41.3 Å². The second kappa shape index (κ2) is 7.85. The van der Waals surface area contributed by atoms with Crippen molar-refractivity contribution in [3.8, 4) is 6.07 Å². The maximum atomic E-state index is 8.86. The van der Waals surface area contributed by atoms with E-state index in [0.29, 0.717) is 18.9 Å². The average Bonchev–Trinajstić information content (AvgIpc) is 2.55. The zero-order chi connectivity index (χ0) is 14.9. The first-order valence-corrected chi connectivity index (χ1v) is 7.11. The van der Waals surface area contributed by atoms with Gasteiger partial charge in [-0.3, -0.25) is 0 Å². The molecule has 0 spiro atoms. The normalized spacial score (nSPS) is 9.90. The molecule has 0 aliphatic heterocycles. The van der Waals surface area contributed by atoms with Gasteiger partial charge in [0.05, 0.1) is 12.5 Å². The first kappa shape index (κ1) is 14.8. The summed E-state index contributed by atoms with van der Waals surface area (Å²) in [6.45, 7) is 3.54. The third-order valence-corrected chi connectivity index (χ3v) is 2.97. The first-order valence-electron chi connectivity index (χ1n) is 7.11. The van der Waals surface area contributed by atoms with Gasteiger partial charge in [0.1, 0.15) is 5.82 Å². The van der Waals surface area contributed by atoms with Gasteiger partial charge in [-0.25, -0.2) is 4.98 Å². The number of nitrogens with zero attached hydrogens (tertiary/aromatic N) is 4. The molecule has 0 fully saturated rings. The summed E-state index contributed by atoms with van der Waals surface area (Å²) in [7, 11) is 0. The summed E-state index contributed by atoms with van der Waals surface area (Å²) in [6, 6.07) is 14.0. The molecule has 1 aromatic carbocycles. The molecule has 5 nitrogen and oxygen atoms in total. The fourth-order valence-electron chi connectivity index (χ4n) is 1.97. The van der Waals surface area contributed by atoms with Crippen LogP contribution in [-0.4, -0.2) is 23.1 Å². The number of benzene rings is 1. The molecule has 108 valence electrons. The van der Waals surface area contributed by atoms with Crippen molar-refractivity contribution < 1.29 is 0 Å². The summed E-state index contributed by atoms with van der Waals surface area (Å²) in [5.74, 6) is 1.41. The zero-order valence-corrected chi connectivity index (χ0v) is 12.2. The molecule has 1 heterocycles. The number of nitriles is 1. The van der Waals surface area contributed by atoms with Crippen molar-refractivity contribution in [2.24, 2.45) is 0 Å². The van der Waals surface area contributed by atoms with Gasteiger partial charge >= 0.3 is 0 Å². The summed E-state index contributed by atoms with van der Waals surface area (Å²) < 4.78 is 0. The van der Waals surface area contributed by atoms with Crippen LogP contribution in [0.4, 0.5) is 17.5 Å². The Kier molecular flexibility index (Phi) is 5.53. The summed E-state index contributed by atoms with van der Waals surface area (Å²) in [5, 5.41) is 12.0. The number of para-hydroxylation sites is 1. The molecular weight excluding hydrogens is 262 g/mol. The van der Waals surface area contributed by atoms with Crippen LogP contribution in [0.15, 0.2) is 42.6 Å². The van der Waals surface area contributed by atoms with Crippen molar-refractivity contribution in [2.45, 2.75) is 19.8 Å². The minimum atomic E-state index is 0.441. The fraction of sp³-hybridized carbons (Fsp3) is 0.312. The lowest BCUT2D eigenvalue weighted by atomic mass is 10.2. The van der Waals surface area contributed by atoms with Crippen LogP contribution in [0.5, 0.6) is 0 Å². The number of hydrogen-bond acceptors (Lipinski definition) is 5. The molecule has 0 radical (unpaired) electrons. The van der Waals surface area contributed by atoms with E-state index in [4.69, 9.17) is 5.26 Å². The largest absolute Gasteiger partial charge is 0.354 e. The molecule has 21 heavy (non-hydrogen) atoms. The number of anilines is 3. The minimum Gasteiger partial charge on any atom is -0.354 e. The second-order valence-electron chi connectivity index (χ2n) is 4.56. The van der Waals surface area contributed by atoms with Crippen LogP contribution in [0, 0.1) is 11.3 Å². The number of aromatic nitrogens is 2. The van der Waals surface area contributed by atoms with Crippen LogP contribution >= 0.6 is 0 Å². The van der Waals surface area contributed by atoms with E-state index in [9.17, 15) is 0 Å². The second-order valence-corrected chi connectivity index (χ2v) is 4.56. The maximum absolute atomic E-state index is 8.86. The van der Waals surface area contributed by atoms with Gasteiger partial charge < -0.3 is 10.2 Å². The first-order chi connectivity index (χ1) is 10.3. The molecule has 5 heteroatoms. The zero-order valence-electron chi connectivity index (χ0n) is 12.2. The number of hydrogen-bond donors (Lipinski definition) is 1. The standard InChI is InChI=1S/C16H19N5/c1-2-11-18-16-19-12-9-15(20-16)21(13-6-10-17)14-7-4-3-5-8-14/h3-5,7-9,12H,2,6,11,13H2,1H3,(H,18,19,20). The van der Waals surface area contributed by atoms with Crippen molar-refractivity contribution in [1.82, 2.24) is 9.97 Å². The molecule has 0 unspecified atom stereocenters. The van der Waals surface area contributed by atoms with E-state index >= 15 is 0 Å². The molecular formula is C16H19N5. The van der Waals surface area contributed by atoms with Gasteiger partial charge in [-0.15, -0.1) is 0 Å². The van der Waals surface area contributed by atoms with Crippen molar-refractivity contribution in [1.29, 1.82) is 5.26 Å². The lowest BCUT2D eigenvalue weighted by Gasteiger charge is -2.23. The highest BCUT2D eigenvalue weighted by Crippen LogP contribution is 2.23. The summed E-state index contributed by atoms with van der Waals surface area (Å²) >= 11 is 0. The SMILES string of the molecule is CCCNc1nccc(N(CCC#N)c2ccccc2)n1. The number of nitrogens with one attached hydrogen (secondary N) is 1. The highest BCUT2D eigenvalue weighted by atomic mass is 15.2. The van der Waals surface area contributed by atoms with Crippen molar-refractivity contribution >= 4 is 17.5 Å². The molecule has 0 aliphatic rings. The van der Waals surface area contributed by atoms with Gasteiger partial charge in [0.2, 0.25) is 5.95 Å². The molecule has 0 aliphatic carbocycles. The Balaban J connectivity index is 2.26. The molecule has 0 saturated carbocycles. The molecule has 1 N–H and O–H groups in total. The van der Waals surface area contributed by atoms with E-state index in [0.717, 1.165) is 24.5 Å². The van der Waals surface area contributed by atoms with Gasteiger partial charge in [-0.2, -0.15) is 10.2 Å². The van der Waals surface area contributed by atoms with Crippen molar-refractivity contribution in [3.63, 3.8) is 0 Å². The fourth-order valence-corrected chi connectivity index (χ4v) is 1.97. The van der Waals surface area contributed by atoms with Crippen LogP contribution in [0.3, 0.4) is 0 Å². The predicted molar refractivity (Wildman–Crippen MR) is 84.5 cm³/mol. The Morgan fingerprint density at radius 1 is 1.24 bits per heavy atom. The average molecular weight is 281 g/mol. The lowest BCUT2D eigenvalue weighted by molar-refractivity contribution is 0.909. The third kappa shape index (κ3) is 4.18. The maximum Gasteiger partial charge on any atom is 0.224 e. The van der Waals surface area contributed by atoms with Gasteiger partial charge in [-0.05, 0) is 24.6 Å². The van der Waals surface area contributed by atoms with E-state index in [1.54, 1.807) is 6.20 Å². The van der Waals surface area contributed by atoms with Gasteiger partial charge in [0, 0.05) is 25.0 Å². The van der Waals surface area contributed by atoms with E-state index < -0.39 is 0 Å². The lowest BCUT2D eigenvalue weighted by Crippen LogP contribution is -2.20. The Morgan fingerprint density at radius 2 is 2.05 bits per heavy atom. The monoisotopic (exact) mass is 281 g/mol. The molecule has 2 aromatic rings. The number of rotatable bonds is 7. The molecule has 2 rings (SSSR count). The smallest absolute Gasteiger partial charge is 0.224 e. The van der Waals surface area contributed by atoms with Crippen LogP contribution in [0.25, 0.3) is 0 Å². The highest BCUT2D eigenvalue weighted by Gasteiger charge is 2.11. The summed E-state index contributed by atoms with van der Waals surface area (Å²) in [6.07, 6.45) is 3.20. The topological polar surface area (TPSA) is 64.8 Å². The van der Waals surface area contributed by atoms with Crippen LogP contribution < -0.4 is 10.2 Å². The van der Waals surface area contributed by atoms with Crippen molar-refractivity contribution in [2.75, 3.05) is 23.3 Å². The molecule has 0 bridgehead atoms. The Labute approximate surface area is 125 Å². The van der Waals surface area contributed by atoms with E-state index in [2.05, 4.69) is 28.3 Å². The predicted octanol–water partition coefficient (Wildman–Crippen LogP) is 3.35. The van der Waals surface area contributed by atoms with Gasteiger partial charge in [0.15, 0.2) is 0 Å². The van der Waals surface area contributed by atoms with Gasteiger partial charge in [0.25, 0.3) is 0 Å². The Morgan fingerprint density at radius 3 is 2.76 bits per heavy atom. The van der Waals surface area contributed by atoms with Crippen molar-refractivity contribution in [3.05, 3.63) is 42.6 Å². The highest BCUT2D eigenvalue weighted by molar-refractivity contribution is 5.60. The summed E-state index contributed by atoms with van der Waals surface area (Å²) in [5.41, 5.74) is 1.02. The third-order valence-electron chi connectivity index (χ3n) is 2.97. The molecule has 0 amide bonds. The van der Waals surface area contributed by atoms with Crippen LogP contribution in [0.1, 0.15) is 19.8 Å². The molecule has 1 aromatic heterocycles.